The highest BCUT2D eigenvalue weighted by atomic mass is 32.2. The molecule has 1 fully saturated rings. The number of pyridine rings is 1. The van der Waals surface area contributed by atoms with Crippen LogP contribution >= 0.6 is 0 Å². The zero-order chi connectivity index (χ0) is 26.0. The van der Waals surface area contributed by atoms with Gasteiger partial charge >= 0.3 is 0 Å². The summed E-state index contributed by atoms with van der Waals surface area (Å²) in [5.74, 6) is 0.469. The molecule has 0 spiro atoms. The molecule has 0 saturated heterocycles. The van der Waals surface area contributed by atoms with Crippen LogP contribution in [0, 0.1) is 5.82 Å². The highest BCUT2D eigenvalue weighted by Crippen LogP contribution is 2.31. The summed E-state index contributed by atoms with van der Waals surface area (Å²) >= 11 is 0. The molecule has 8 nitrogen and oxygen atoms in total. The minimum Gasteiger partial charge on any atom is -0.473 e. The number of fused-ring (bicyclic) bond motifs is 1. The molecular formula is C27H28FN5O3S. The van der Waals surface area contributed by atoms with Crippen LogP contribution < -0.4 is 15.2 Å². The number of primary sulfonamides is 1. The van der Waals surface area contributed by atoms with Gasteiger partial charge < -0.3 is 10.1 Å². The van der Waals surface area contributed by atoms with E-state index in [9.17, 15) is 12.8 Å². The van der Waals surface area contributed by atoms with Crippen LogP contribution in [0.2, 0.25) is 0 Å². The smallest absolute Gasteiger partial charge is 0.245 e. The lowest BCUT2D eigenvalue weighted by Crippen LogP contribution is -2.21. The molecule has 192 valence electrons. The van der Waals surface area contributed by atoms with Crippen molar-refractivity contribution in [3.63, 3.8) is 0 Å². The Morgan fingerprint density at radius 3 is 2.32 bits per heavy atom. The Morgan fingerprint density at radius 2 is 1.65 bits per heavy atom. The van der Waals surface area contributed by atoms with Crippen LogP contribution in [0.15, 0.2) is 65.6 Å². The molecule has 2 heterocycles. The van der Waals surface area contributed by atoms with Crippen LogP contribution in [0.25, 0.3) is 22.3 Å². The van der Waals surface area contributed by atoms with Gasteiger partial charge in [0, 0.05) is 5.56 Å². The lowest BCUT2D eigenvalue weighted by atomic mass is 9.98. The van der Waals surface area contributed by atoms with Crippen LogP contribution in [-0.4, -0.2) is 29.5 Å². The summed E-state index contributed by atoms with van der Waals surface area (Å²) in [5.41, 5.74) is 3.46. The summed E-state index contributed by atoms with van der Waals surface area (Å²) in [7, 11) is -3.76. The molecule has 1 aliphatic carbocycles. The lowest BCUT2D eigenvalue weighted by molar-refractivity contribution is 0.150. The second-order valence-corrected chi connectivity index (χ2v) is 10.8. The van der Waals surface area contributed by atoms with Gasteiger partial charge in [0.1, 0.15) is 11.9 Å². The summed E-state index contributed by atoms with van der Waals surface area (Å²) in [4.78, 5) is 14.2. The van der Waals surface area contributed by atoms with Gasteiger partial charge in [0.2, 0.25) is 21.9 Å². The summed E-state index contributed by atoms with van der Waals surface area (Å²) in [5, 5.41) is 8.49. The molecule has 0 amide bonds. The highest BCUT2D eigenvalue weighted by Gasteiger charge is 2.20. The zero-order valence-electron chi connectivity index (χ0n) is 20.4. The standard InChI is InChI=1S/C27H28FN5O3S/c1-17(18-9-13-22(14-10-18)37(29,34)35)30-27-32-24-16-15-23(19-7-11-20(28)12-8-19)31-25(24)26(33-27)36-21-5-3-2-4-6-21/h7-17,21H,2-6H2,1H3,(H2,29,34,35)(H,30,32,33). The van der Waals surface area contributed by atoms with E-state index in [1.54, 1.807) is 24.3 Å². The van der Waals surface area contributed by atoms with E-state index < -0.39 is 10.0 Å². The molecule has 5 rings (SSSR count). The first-order chi connectivity index (χ1) is 17.8. The number of nitrogens with two attached hydrogens (primary N) is 1. The molecule has 4 aromatic rings. The van der Waals surface area contributed by atoms with Crippen molar-refractivity contribution in [2.24, 2.45) is 5.14 Å². The molecular weight excluding hydrogens is 493 g/mol. The predicted octanol–water partition coefficient (Wildman–Crippen LogP) is 5.36. The largest absolute Gasteiger partial charge is 0.473 e. The summed E-state index contributed by atoms with van der Waals surface area (Å²) < 4.78 is 42.9. The molecule has 1 saturated carbocycles. The zero-order valence-corrected chi connectivity index (χ0v) is 21.2. The van der Waals surface area contributed by atoms with Crippen molar-refractivity contribution in [1.82, 2.24) is 15.0 Å². The Labute approximate surface area is 215 Å². The molecule has 10 heteroatoms. The molecule has 0 aliphatic heterocycles. The van der Waals surface area contributed by atoms with Gasteiger partial charge in [-0.25, -0.2) is 27.9 Å². The number of halogens is 1. The van der Waals surface area contributed by atoms with Crippen LogP contribution in [0.3, 0.4) is 0 Å². The molecule has 37 heavy (non-hydrogen) atoms. The molecule has 2 aromatic carbocycles. The van der Waals surface area contributed by atoms with Crippen LogP contribution in [0.4, 0.5) is 10.3 Å². The number of aromatic nitrogens is 3. The van der Waals surface area contributed by atoms with E-state index in [-0.39, 0.29) is 22.9 Å². The minimum atomic E-state index is -3.76. The number of benzene rings is 2. The number of nitrogens with zero attached hydrogens (tertiary/aromatic N) is 3. The van der Waals surface area contributed by atoms with Gasteiger partial charge in [-0.3, -0.25) is 0 Å². The van der Waals surface area contributed by atoms with E-state index >= 15 is 0 Å². The average Bonchev–Trinajstić information content (AvgIpc) is 2.89. The monoisotopic (exact) mass is 521 g/mol. The summed E-state index contributed by atoms with van der Waals surface area (Å²) in [6.45, 7) is 1.93. The van der Waals surface area contributed by atoms with Gasteiger partial charge in [-0.2, -0.15) is 4.98 Å². The van der Waals surface area contributed by atoms with Gasteiger partial charge in [0.15, 0.2) is 5.52 Å². The molecule has 2 aromatic heterocycles. The highest BCUT2D eigenvalue weighted by molar-refractivity contribution is 7.89. The molecule has 0 bridgehead atoms. The third kappa shape index (κ3) is 5.86. The number of ether oxygens (including phenoxy) is 1. The Kier molecular flexibility index (Phi) is 7.03. The summed E-state index contributed by atoms with van der Waals surface area (Å²) in [6, 6.07) is 16.0. The number of rotatable bonds is 7. The number of nitrogens with one attached hydrogen (secondary N) is 1. The van der Waals surface area contributed by atoms with Crippen molar-refractivity contribution in [3.05, 3.63) is 72.0 Å². The number of hydrogen-bond acceptors (Lipinski definition) is 7. The second kappa shape index (κ2) is 10.4. The Balaban J connectivity index is 1.48. The maximum absolute atomic E-state index is 13.4. The molecule has 3 N–H and O–H groups in total. The molecule has 0 radical (unpaired) electrons. The van der Waals surface area contributed by atoms with Crippen molar-refractivity contribution in [2.75, 3.05) is 5.32 Å². The Hall–Kier alpha value is -3.63. The van der Waals surface area contributed by atoms with E-state index in [4.69, 9.17) is 14.9 Å². The third-order valence-corrected chi connectivity index (χ3v) is 7.46. The topological polar surface area (TPSA) is 120 Å². The van der Waals surface area contributed by atoms with Crippen LogP contribution in [0.1, 0.15) is 50.6 Å². The van der Waals surface area contributed by atoms with Crippen molar-refractivity contribution in [3.8, 4) is 17.1 Å². The fourth-order valence-electron chi connectivity index (χ4n) is 4.48. The maximum Gasteiger partial charge on any atom is 0.245 e. The Morgan fingerprint density at radius 1 is 0.946 bits per heavy atom. The minimum absolute atomic E-state index is 0.0524. The second-order valence-electron chi connectivity index (χ2n) is 9.28. The number of anilines is 1. The molecule has 1 atom stereocenters. The van der Waals surface area contributed by atoms with Crippen LogP contribution in [0.5, 0.6) is 5.88 Å². The molecule has 1 aliphatic rings. The number of hydrogen-bond donors (Lipinski definition) is 2. The van der Waals surface area contributed by atoms with E-state index in [2.05, 4.69) is 15.3 Å². The SMILES string of the molecule is CC(Nc1nc(OC2CCCCC2)c2nc(-c3ccc(F)cc3)ccc2n1)c1ccc(S(N)(=O)=O)cc1. The van der Waals surface area contributed by atoms with E-state index in [1.807, 2.05) is 19.1 Å². The first-order valence-corrected chi connectivity index (χ1v) is 13.8. The van der Waals surface area contributed by atoms with Crippen molar-refractivity contribution < 1.29 is 17.5 Å². The summed E-state index contributed by atoms with van der Waals surface area (Å²) in [6.07, 6.45) is 5.39. The third-order valence-electron chi connectivity index (χ3n) is 6.54. The lowest BCUT2D eigenvalue weighted by Gasteiger charge is -2.23. The van der Waals surface area contributed by atoms with Crippen LogP contribution in [-0.2, 0) is 10.0 Å². The van der Waals surface area contributed by atoms with Crippen molar-refractivity contribution in [1.29, 1.82) is 0 Å². The maximum atomic E-state index is 13.4. The van der Waals surface area contributed by atoms with Crippen molar-refractivity contribution >= 4 is 27.0 Å². The average molecular weight is 522 g/mol. The predicted molar refractivity (Wildman–Crippen MR) is 140 cm³/mol. The van der Waals surface area contributed by atoms with E-state index in [0.717, 1.165) is 36.8 Å². The quantitative estimate of drug-likeness (QED) is 0.336. The van der Waals surface area contributed by atoms with Gasteiger partial charge in [0.25, 0.3) is 0 Å². The van der Waals surface area contributed by atoms with Crippen molar-refractivity contribution in [2.45, 2.75) is 56.1 Å². The van der Waals surface area contributed by atoms with Gasteiger partial charge in [-0.05, 0) is 86.7 Å². The fraction of sp³-hybridized carbons (Fsp3) is 0.296. The first kappa shape index (κ1) is 25.0. The first-order valence-electron chi connectivity index (χ1n) is 12.3. The van der Waals surface area contributed by atoms with E-state index in [1.165, 1.54) is 30.7 Å². The normalized spacial score (nSPS) is 15.4. The van der Waals surface area contributed by atoms with Gasteiger partial charge in [-0.15, -0.1) is 0 Å². The van der Waals surface area contributed by atoms with Gasteiger partial charge in [-0.1, -0.05) is 18.6 Å². The Bertz CT molecular complexity index is 1510. The number of sulfonamides is 1. The fourth-order valence-corrected chi connectivity index (χ4v) is 5.00. The molecule has 1 unspecified atom stereocenters. The van der Waals surface area contributed by atoms with E-state index in [0.29, 0.717) is 28.6 Å². The van der Waals surface area contributed by atoms with Gasteiger partial charge in [0.05, 0.1) is 22.1 Å².